The molecule has 0 saturated carbocycles. The first kappa shape index (κ1) is 13.0. The van der Waals surface area contributed by atoms with Gasteiger partial charge in [0.25, 0.3) is 0 Å². The maximum atomic E-state index is 12.7. The minimum Gasteiger partial charge on any atom is -0.362 e. The van der Waals surface area contributed by atoms with E-state index in [0.717, 1.165) is 5.56 Å². The Morgan fingerprint density at radius 1 is 1.29 bits per heavy atom. The largest absolute Gasteiger partial charge is 0.362 e. The van der Waals surface area contributed by atoms with Crippen LogP contribution in [-0.4, -0.2) is 23.5 Å². The summed E-state index contributed by atoms with van der Waals surface area (Å²) in [6.45, 7) is 3.75. The molecule has 21 heavy (non-hydrogen) atoms. The summed E-state index contributed by atoms with van der Waals surface area (Å²) in [6, 6.07) is 5.25. The highest BCUT2D eigenvalue weighted by molar-refractivity contribution is 6.32. The molecule has 5 heteroatoms. The average Bonchev–Trinajstić information content (AvgIpc) is 3.03. The van der Waals surface area contributed by atoms with Gasteiger partial charge in [-0.25, -0.2) is 4.90 Å². The molecule has 3 aliphatic heterocycles. The van der Waals surface area contributed by atoms with Crippen molar-refractivity contribution >= 4 is 29.1 Å². The number of imide groups is 1. The highest BCUT2D eigenvalue weighted by atomic mass is 35.5. The van der Waals surface area contributed by atoms with Gasteiger partial charge in [-0.2, -0.15) is 0 Å². The van der Waals surface area contributed by atoms with Crippen molar-refractivity contribution in [1.82, 2.24) is 0 Å². The number of nitrogens with zero attached hydrogens (tertiary/aromatic N) is 1. The van der Waals surface area contributed by atoms with Crippen LogP contribution in [0, 0.1) is 18.8 Å². The summed E-state index contributed by atoms with van der Waals surface area (Å²) >= 11 is 6.12. The van der Waals surface area contributed by atoms with Gasteiger partial charge >= 0.3 is 0 Å². The van der Waals surface area contributed by atoms with Crippen molar-refractivity contribution in [2.45, 2.75) is 25.6 Å². The molecule has 3 aliphatic rings. The number of anilines is 1. The van der Waals surface area contributed by atoms with Gasteiger partial charge in [0.05, 0.1) is 29.2 Å². The molecule has 0 unspecified atom stereocenters. The third-order valence-corrected chi connectivity index (χ3v) is 5.15. The molecule has 4 atom stereocenters. The van der Waals surface area contributed by atoms with E-state index < -0.39 is 17.4 Å². The molecule has 0 N–H and O–H groups in total. The highest BCUT2D eigenvalue weighted by Gasteiger charge is 2.66. The van der Waals surface area contributed by atoms with Crippen LogP contribution in [0.2, 0.25) is 5.02 Å². The fraction of sp³-hybridized carbons (Fsp3) is 0.375. The van der Waals surface area contributed by atoms with Crippen LogP contribution in [0.3, 0.4) is 0 Å². The van der Waals surface area contributed by atoms with E-state index in [1.165, 1.54) is 4.90 Å². The lowest BCUT2D eigenvalue weighted by Crippen LogP contribution is -2.38. The number of benzene rings is 1. The third kappa shape index (κ3) is 1.54. The fourth-order valence-corrected chi connectivity index (χ4v) is 3.80. The van der Waals surface area contributed by atoms with Gasteiger partial charge in [-0.3, -0.25) is 9.59 Å². The number of amides is 2. The molecule has 4 rings (SSSR count). The Morgan fingerprint density at radius 2 is 2.05 bits per heavy atom. The smallest absolute Gasteiger partial charge is 0.241 e. The van der Waals surface area contributed by atoms with E-state index >= 15 is 0 Å². The summed E-state index contributed by atoms with van der Waals surface area (Å²) in [7, 11) is 0. The highest BCUT2D eigenvalue weighted by Crippen LogP contribution is 2.52. The molecule has 2 fully saturated rings. The molecule has 3 heterocycles. The number of ether oxygens (including phenoxy) is 1. The first-order chi connectivity index (χ1) is 9.92. The van der Waals surface area contributed by atoms with Gasteiger partial charge in [0, 0.05) is 5.02 Å². The lowest BCUT2D eigenvalue weighted by molar-refractivity contribution is -0.126. The zero-order valence-electron chi connectivity index (χ0n) is 11.7. The molecule has 1 aromatic carbocycles. The van der Waals surface area contributed by atoms with Crippen LogP contribution in [0.15, 0.2) is 30.4 Å². The minimum absolute atomic E-state index is 0.192. The summed E-state index contributed by atoms with van der Waals surface area (Å²) in [6.07, 6.45) is 3.50. The Kier molecular flexibility index (Phi) is 2.46. The topological polar surface area (TPSA) is 46.6 Å². The van der Waals surface area contributed by atoms with E-state index in [1.54, 1.807) is 12.1 Å². The van der Waals surface area contributed by atoms with Crippen molar-refractivity contribution in [1.29, 1.82) is 0 Å². The minimum atomic E-state index is -0.661. The second-order valence-corrected chi connectivity index (χ2v) is 6.48. The van der Waals surface area contributed by atoms with E-state index in [0.29, 0.717) is 10.7 Å². The summed E-state index contributed by atoms with van der Waals surface area (Å²) in [5, 5.41) is 0.550. The van der Waals surface area contributed by atoms with E-state index in [-0.39, 0.29) is 17.9 Å². The summed E-state index contributed by atoms with van der Waals surface area (Å²) in [5.41, 5.74) is 0.792. The zero-order chi connectivity index (χ0) is 14.9. The number of carbonyl (C=O) groups excluding carboxylic acids is 2. The molecule has 0 radical (unpaired) electrons. The SMILES string of the molecule is Cc1ccc(N2C(=O)[C@H]3[C@@H]4C=C[C@](C)(O4)[C@@H]3C2=O)cc1Cl. The van der Waals surface area contributed by atoms with Gasteiger partial charge in [-0.05, 0) is 31.5 Å². The van der Waals surface area contributed by atoms with Crippen molar-refractivity contribution in [3.63, 3.8) is 0 Å². The molecule has 0 aromatic heterocycles. The quantitative estimate of drug-likeness (QED) is 0.591. The zero-order valence-corrected chi connectivity index (χ0v) is 12.4. The summed E-state index contributed by atoms with van der Waals surface area (Å²) < 4.78 is 5.79. The number of rotatable bonds is 1. The predicted molar refractivity (Wildman–Crippen MR) is 78.1 cm³/mol. The number of hydrogen-bond donors (Lipinski definition) is 0. The molecular weight excluding hydrogens is 290 g/mol. The standard InChI is InChI=1S/C16H14ClNO3/c1-8-3-4-9(7-10(8)17)18-14(19)12-11-5-6-16(2,21-11)13(12)15(18)20/h3-7,11-13H,1-2H3/t11-,12-,13-,16-/m0/s1. The van der Waals surface area contributed by atoms with Crippen LogP contribution in [0.1, 0.15) is 12.5 Å². The van der Waals surface area contributed by atoms with Crippen molar-refractivity contribution in [3.05, 3.63) is 40.9 Å². The van der Waals surface area contributed by atoms with Gasteiger partial charge in [0.15, 0.2) is 0 Å². The monoisotopic (exact) mass is 303 g/mol. The van der Waals surface area contributed by atoms with Crippen molar-refractivity contribution in [2.75, 3.05) is 4.90 Å². The Labute approximate surface area is 127 Å². The Morgan fingerprint density at radius 3 is 2.71 bits per heavy atom. The summed E-state index contributed by atoms with van der Waals surface area (Å²) in [5.74, 6) is -1.23. The number of aryl methyl sites for hydroxylation is 1. The molecule has 2 saturated heterocycles. The van der Waals surface area contributed by atoms with E-state index in [4.69, 9.17) is 16.3 Å². The van der Waals surface area contributed by atoms with E-state index in [2.05, 4.69) is 0 Å². The van der Waals surface area contributed by atoms with Crippen molar-refractivity contribution in [2.24, 2.45) is 11.8 Å². The number of halogens is 1. The third-order valence-electron chi connectivity index (χ3n) is 4.74. The van der Waals surface area contributed by atoms with Crippen molar-refractivity contribution < 1.29 is 14.3 Å². The van der Waals surface area contributed by atoms with Crippen molar-refractivity contribution in [3.8, 4) is 0 Å². The normalized spacial score (nSPS) is 36.7. The lowest BCUT2D eigenvalue weighted by atomic mass is 9.78. The Hall–Kier alpha value is -1.65. The van der Waals surface area contributed by atoms with Gasteiger partial charge in [-0.15, -0.1) is 0 Å². The molecule has 0 spiro atoms. The molecule has 2 bridgehead atoms. The van der Waals surface area contributed by atoms with Crippen LogP contribution in [-0.2, 0) is 14.3 Å². The Balaban J connectivity index is 1.78. The maximum Gasteiger partial charge on any atom is 0.241 e. The van der Waals surface area contributed by atoms with Crippen LogP contribution < -0.4 is 4.90 Å². The van der Waals surface area contributed by atoms with Gasteiger partial charge < -0.3 is 4.74 Å². The van der Waals surface area contributed by atoms with Gasteiger partial charge in [0.1, 0.15) is 0 Å². The van der Waals surface area contributed by atoms with E-state index in [9.17, 15) is 9.59 Å². The summed E-state index contributed by atoms with van der Waals surface area (Å²) in [4.78, 5) is 26.7. The van der Waals surface area contributed by atoms with Crippen LogP contribution in [0.5, 0.6) is 0 Å². The molecular formula is C16H14ClNO3. The molecule has 1 aromatic rings. The molecule has 4 nitrogen and oxygen atoms in total. The first-order valence-corrected chi connectivity index (χ1v) is 7.31. The van der Waals surface area contributed by atoms with Crippen LogP contribution in [0.4, 0.5) is 5.69 Å². The number of fused-ring (bicyclic) bond motifs is 5. The first-order valence-electron chi connectivity index (χ1n) is 6.93. The number of carbonyl (C=O) groups is 2. The fourth-order valence-electron chi connectivity index (χ4n) is 3.63. The molecule has 2 amide bonds. The molecule has 108 valence electrons. The van der Waals surface area contributed by atoms with Crippen LogP contribution >= 0.6 is 11.6 Å². The van der Waals surface area contributed by atoms with Crippen LogP contribution in [0.25, 0.3) is 0 Å². The molecule has 0 aliphatic carbocycles. The van der Waals surface area contributed by atoms with E-state index in [1.807, 2.05) is 32.1 Å². The second kappa shape index (κ2) is 3.96. The number of hydrogen-bond acceptors (Lipinski definition) is 3. The second-order valence-electron chi connectivity index (χ2n) is 6.07. The predicted octanol–water partition coefficient (Wildman–Crippen LogP) is 2.48. The van der Waals surface area contributed by atoms with Gasteiger partial charge in [-0.1, -0.05) is 29.8 Å². The Bertz CT molecular complexity index is 713. The average molecular weight is 304 g/mol. The van der Waals surface area contributed by atoms with Gasteiger partial charge in [0.2, 0.25) is 11.8 Å². The lowest BCUT2D eigenvalue weighted by Gasteiger charge is -2.24. The maximum absolute atomic E-state index is 12.7.